The first-order chi connectivity index (χ1) is 7.22. The summed E-state index contributed by atoms with van der Waals surface area (Å²) in [6, 6.07) is 0. The van der Waals surface area contributed by atoms with Crippen LogP contribution in [-0.2, 0) is 9.53 Å². The van der Waals surface area contributed by atoms with Crippen molar-refractivity contribution in [2.75, 3.05) is 32.8 Å². The Labute approximate surface area is 91.2 Å². The number of piperidine rings is 1. The molecule has 1 N–H and O–H groups in total. The van der Waals surface area contributed by atoms with E-state index in [1.54, 1.807) is 0 Å². The molecular formula is C11H21NO3. The second-order valence-corrected chi connectivity index (χ2v) is 4.11. The van der Waals surface area contributed by atoms with Gasteiger partial charge in [-0.05, 0) is 32.2 Å². The van der Waals surface area contributed by atoms with Gasteiger partial charge in [-0.15, -0.1) is 0 Å². The molecule has 1 atom stereocenters. The summed E-state index contributed by atoms with van der Waals surface area (Å²) in [6.07, 6.45) is 2.63. The number of carboxylic acid groups (broad SMARTS) is 1. The molecule has 0 saturated carbocycles. The number of likely N-dealkylation sites (tertiary alicyclic amines) is 1. The van der Waals surface area contributed by atoms with Crippen LogP contribution in [0.25, 0.3) is 0 Å². The lowest BCUT2D eigenvalue weighted by Crippen LogP contribution is -2.38. The van der Waals surface area contributed by atoms with Crippen LogP contribution >= 0.6 is 0 Å². The zero-order chi connectivity index (χ0) is 11.1. The SMILES string of the molecule is CCOC[C@H]1CCCN(CCC(=O)O)C1. The number of carbonyl (C=O) groups is 1. The molecule has 0 spiro atoms. The van der Waals surface area contributed by atoms with E-state index < -0.39 is 5.97 Å². The Balaban J connectivity index is 2.19. The van der Waals surface area contributed by atoms with Crippen molar-refractivity contribution in [1.29, 1.82) is 0 Å². The molecule has 4 nitrogen and oxygen atoms in total. The molecule has 0 unspecified atom stereocenters. The highest BCUT2D eigenvalue weighted by Crippen LogP contribution is 2.16. The molecule has 0 radical (unpaired) electrons. The molecule has 1 aliphatic heterocycles. The van der Waals surface area contributed by atoms with Crippen LogP contribution in [-0.4, -0.2) is 48.8 Å². The van der Waals surface area contributed by atoms with Gasteiger partial charge in [0.05, 0.1) is 13.0 Å². The van der Waals surface area contributed by atoms with E-state index in [1.165, 1.54) is 6.42 Å². The Kier molecular flexibility index (Phi) is 5.65. The van der Waals surface area contributed by atoms with E-state index in [1.807, 2.05) is 6.92 Å². The number of hydrogen-bond donors (Lipinski definition) is 1. The van der Waals surface area contributed by atoms with Gasteiger partial charge < -0.3 is 14.7 Å². The van der Waals surface area contributed by atoms with E-state index >= 15 is 0 Å². The van der Waals surface area contributed by atoms with Crippen LogP contribution in [0.1, 0.15) is 26.2 Å². The zero-order valence-corrected chi connectivity index (χ0v) is 9.45. The molecule has 1 saturated heterocycles. The van der Waals surface area contributed by atoms with E-state index in [4.69, 9.17) is 9.84 Å². The molecule has 15 heavy (non-hydrogen) atoms. The van der Waals surface area contributed by atoms with Gasteiger partial charge in [0.1, 0.15) is 0 Å². The van der Waals surface area contributed by atoms with E-state index in [0.717, 1.165) is 32.7 Å². The van der Waals surface area contributed by atoms with E-state index in [0.29, 0.717) is 12.5 Å². The van der Waals surface area contributed by atoms with Gasteiger partial charge in [-0.25, -0.2) is 0 Å². The van der Waals surface area contributed by atoms with E-state index in [9.17, 15) is 4.79 Å². The van der Waals surface area contributed by atoms with Crippen molar-refractivity contribution in [1.82, 2.24) is 4.90 Å². The lowest BCUT2D eigenvalue weighted by atomic mass is 9.99. The van der Waals surface area contributed by atoms with E-state index in [2.05, 4.69) is 4.90 Å². The minimum atomic E-state index is -0.707. The van der Waals surface area contributed by atoms with Crippen molar-refractivity contribution in [3.05, 3.63) is 0 Å². The smallest absolute Gasteiger partial charge is 0.304 e. The first kappa shape index (κ1) is 12.5. The molecule has 1 heterocycles. The van der Waals surface area contributed by atoms with Crippen molar-refractivity contribution in [3.8, 4) is 0 Å². The molecule has 0 amide bonds. The fraction of sp³-hybridized carbons (Fsp3) is 0.909. The average Bonchev–Trinajstić information content (AvgIpc) is 2.24. The van der Waals surface area contributed by atoms with Crippen molar-refractivity contribution in [2.45, 2.75) is 26.2 Å². The third-order valence-corrected chi connectivity index (χ3v) is 2.80. The average molecular weight is 215 g/mol. The summed E-state index contributed by atoms with van der Waals surface area (Å²) >= 11 is 0. The number of aliphatic carboxylic acids is 1. The maximum atomic E-state index is 10.4. The van der Waals surface area contributed by atoms with Crippen LogP contribution in [0, 0.1) is 5.92 Å². The van der Waals surface area contributed by atoms with Gasteiger partial charge in [0.2, 0.25) is 0 Å². The van der Waals surface area contributed by atoms with Crippen LogP contribution < -0.4 is 0 Å². The lowest BCUT2D eigenvalue weighted by molar-refractivity contribution is -0.137. The molecular weight excluding hydrogens is 194 g/mol. The molecule has 4 heteroatoms. The first-order valence-corrected chi connectivity index (χ1v) is 5.74. The van der Waals surface area contributed by atoms with Gasteiger partial charge in [-0.3, -0.25) is 4.79 Å². The summed E-state index contributed by atoms with van der Waals surface area (Å²) in [5.41, 5.74) is 0. The summed E-state index contributed by atoms with van der Waals surface area (Å²) < 4.78 is 5.40. The fourth-order valence-corrected chi connectivity index (χ4v) is 2.03. The second-order valence-electron chi connectivity index (χ2n) is 4.11. The summed E-state index contributed by atoms with van der Waals surface area (Å²) in [5.74, 6) is -0.116. The molecule has 0 aliphatic carbocycles. The first-order valence-electron chi connectivity index (χ1n) is 5.74. The van der Waals surface area contributed by atoms with Crippen molar-refractivity contribution in [3.63, 3.8) is 0 Å². The molecule has 1 rings (SSSR count). The maximum Gasteiger partial charge on any atom is 0.304 e. The van der Waals surface area contributed by atoms with Crippen molar-refractivity contribution in [2.24, 2.45) is 5.92 Å². The summed E-state index contributed by atoms with van der Waals surface area (Å²) in [6.45, 7) is 6.30. The standard InChI is InChI=1S/C11H21NO3/c1-2-15-9-10-4-3-6-12(8-10)7-5-11(13)14/h10H,2-9H2,1H3,(H,13,14)/t10-/m0/s1. The maximum absolute atomic E-state index is 10.4. The molecule has 1 aliphatic rings. The number of ether oxygens (including phenoxy) is 1. The van der Waals surface area contributed by atoms with Gasteiger partial charge >= 0.3 is 5.97 Å². The Morgan fingerprint density at radius 2 is 2.40 bits per heavy atom. The Morgan fingerprint density at radius 1 is 1.60 bits per heavy atom. The van der Waals surface area contributed by atoms with Gasteiger partial charge in [0, 0.05) is 19.7 Å². The number of rotatable bonds is 6. The number of nitrogens with zero attached hydrogens (tertiary/aromatic N) is 1. The predicted molar refractivity (Wildman–Crippen MR) is 57.9 cm³/mol. The monoisotopic (exact) mass is 215 g/mol. The highest BCUT2D eigenvalue weighted by atomic mass is 16.5. The summed E-state index contributed by atoms with van der Waals surface area (Å²) in [7, 11) is 0. The summed E-state index contributed by atoms with van der Waals surface area (Å²) in [5, 5.41) is 8.60. The third-order valence-electron chi connectivity index (χ3n) is 2.80. The quantitative estimate of drug-likeness (QED) is 0.723. The highest BCUT2D eigenvalue weighted by Gasteiger charge is 2.19. The van der Waals surface area contributed by atoms with Gasteiger partial charge in [0.15, 0.2) is 0 Å². The van der Waals surface area contributed by atoms with Gasteiger partial charge in [-0.1, -0.05) is 0 Å². The minimum Gasteiger partial charge on any atom is -0.481 e. The third kappa shape index (κ3) is 5.14. The topological polar surface area (TPSA) is 49.8 Å². The van der Waals surface area contributed by atoms with E-state index in [-0.39, 0.29) is 6.42 Å². The Hall–Kier alpha value is -0.610. The molecule has 88 valence electrons. The number of carboxylic acids is 1. The Bertz CT molecular complexity index is 196. The lowest BCUT2D eigenvalue weighted by Gasteiger charge is -2.32. The predicted octanol–water partition coefficient (Wildman–Crippen LogP) is 1.21. The van der Waals surface area contributed by atoms with Gasteiger partial charge in [0.25, 0.3) is 0 Å². The molecule has 0 aromatic heterocycles. The van der Waals surface area contributed by atoms with Crippen LogP contribution in [0.2, 0.25) is 0 Å². The second kappa shape index (κ2) is 6.80. The molecule has 1 fully saturated rings. The zero-order valence-electron chi connectivity index (χ0n) is 9.45. The summed E-state index contributed by atoms with van der Waals surface area (Å²) in [4.78, 5) is 12.7. The largest absolute Gasteiger partial charge is 0.481 e. The molecule has 0 aromatic carbocycles. The van der Waals surface area contributed by atoms with Crippen LogP contribution in [0.4, 0.5) is 0 Å². The molecule has 0 aromatic rings. The van der Waals surface area contributed by atoms with Crippen molar-refractivity contribution >= 4 is 5.97 Å². The fourth-order valence-electron chi connectivity index (χ4n) is 2.03. The van der Waals surface area contributed by atoms with Crippen molar-refractivity contribution < 1.29 is 14.6 Å². The normalized spacial score (nSPS) is 22.9. The van der Waals surface area contributed by atoms with Crippen LogP contribution in [0.3, 0.4) is 0 Å². The Morgan fingerprint density at radius 3 is 3.07 bits per heavy atom. The van der Waals surface area contributed by atoms with Crippen LogP contribution in [0.5, 0.6) is 0 Å². The molecule has 0 bridgehead atoms. The minimum absolute atomic E-state index is 0.251. The number of hydrogen-bond acceptors (Lipinski definition) is 3. The highest BCUT2D eigenvalue weighted by molar-refractivity contribution is 5.66. The van der Waals surface area contributed by atoms with Gasteiger partial charge in [-0.2, -0.15) is 0 Å². The van der Waals surface area contributed by atoms with Crippen LogP contribution in [0.15, 0.2) is 0 Å².